The number of aromatic nitrogens is 15. The lowest BCUT2D eigenvalue weighted by molar-refractivity contribution is 0.953. The highest BCUT2D eigenvalue weighted by Crippen LogP contribution is 2.43. The number of hydrogen-bond donors (Lipinski definition) is 0. The predicted octanol–water partition coefficient (Wildman–Crippen LogP) is 33.9. The maximum absolute atomic E-state index is 5.08. The second-order valence-electron chi connectivity index (χ2n) is 35.1. The van der Waals surface area contributed by atoms with Gasteiger partial charge in [0.2, 0.25) is 5.95 Å². The maximum Gasteiger partial charge on any atom is 0.238 e. The van der Waals surface area contributed by atoms with E-state index in [0.29, 0.717) is 17.6 Å². The van der Waals surface area contributed by atoms with Crippen LogP contribution in [0.5, 0.6) is 0 Å². The summed E-state index contributed by atoms with van der Waals surface area (Å²) in [5.74, 6) is 1.82. The lowest BCUT2D eigenvalue weighted by atomic mass is 9.96. The zero-order chi connectivity index (χ0) is 97.9. The van der Waals surface area contributed by atoms with Crippen molar-refractivity contribution >= 4 is 151 Å². The van der Waals surface area contributed by atoms with Gasteiger partial charge in [-0.05, 0) is 258 Å². The van der Waals surface area contributed by atoms with Gasteiger partial charge in [0.05, 0.1) is 100 Å². The van der Waals surface area contributed by atoms with Crippen molar-refractivity contribution in [2.24, 2.45) is 0 Å². The Morgan fingerprint density at radius 3 is 0.719 bits per heavy atom. The molecule has 27 rings (SSSR count). The molecule has 146 heavy (non-hydrogen) atoms. The van der Waals surface area contributed by atoms with Crippen LogP contribution in [0.2, 0.25) is 0 Å². The maximum atomic E-state index is 5.08. The highest BCUT2D eigenvalue weighted by Gasteiger charge is 2.24. The molecule has 0 aliphatic carbocycles. The number of fused-ring (bicyclic) bond motifs is 12. The largest absolute Gasteiger partial charge is 0.308 e. The third-order valence-corrected chi connectivity index (χ3v) is 27.9. The molecule has 692 valence electrons. The Morgan fingerprint density at radius 2 is 0.404 bits per heavy atom. The lowest BCUT2D eigenvalue weighted by Crippen LogP contribution is -2.06. The molecule has 14 aromatic carbocycles. The fourth-order valence-corrected chi connectivity index (χ4v) is 20.6. The van der Waals surface area contributed by atoms with Crippen molar-refractivity contribution in [1.82, 2.24) is 73.1 Å². The monoisotopic (exact) mass is 2130 g/mol. The van der Waals surface area contributed by atoms with Crippen molar-refractivity contribution < 1.29 is 0 Å². The minimum Gasteiger partial charge on any atom is -0.308 e. The average Bonchev–Trinajstić information content (AvgIpc) is 1.61. The van der Waals surface area contributed by atoms with Crippen LogP contribution in [-0.4, -0.2) is 73.1 Å². The lowest BCUT2D eigenvalue weighted by Gasteiger charge is -2.12. The summed E-state index contributed by atoms with van der Waals surface area (Å²) in [4.78, 5) is 52.6. The highest BCUT2D eigenvalue weighted by molar-refractivity contribution is 9.11. The van der Waals surface area contributed by atoms with Crippen LogP contribution < -0.4 is 0 Å². The van der Waals surface area contributed by atoms with E-state index < -0.39 is 0 Å². The van der Waals surface area contributed by atoms with E-state index in [1.807, 2.05) is 195 Å². The van der Waals surface area contributed by atoms with Gasteiger partial charge < -0.3 is 13.7 Å². The standard InChI is InChI=1S/2C34H22BrN3.C33H21BrN4.C26H16BrN5/c35-27-15-18-32-29(22-27)34-33(12-7-19-36-34)38(32)28-16-13-23(14-17-28)26-20-30(24-8-3-1-4-9-24)37-31(21-26)25-10-5-2-6-11-25;35-27-15-18-32-29(22-27)34-33(12-7-19-36-34)38(32)28-16-13-25(14-17-28)31-21-26(23-8-3-1-4-9-23)20-30(37-31)24-10-5-2-6-11-24;34-26-11-14-31-28(21-26)33-32(8-5-17-37-33)38(31)27-12-9-22(10-13-27)23-18-24(29-6-1-3-15-35-29)20-25(19-23)30-7-2-4-16-36-30;27-19-13-14-21-20(16-19)23-22(12-7-15-28-23)32(21)26-30-24(17-8-3-1-4-9-17)29-25(31-26)18-10-5-2-6-11-18/h2*1-22H;1-21H;1-16H. The first-order chi connectivity index (χ1) is 72.0. The zero-order valence-electron chi connectivity index (χ0n) is 78.0. The molecule has 0 aliphatic heterocycles. The first kappa shape index (κ1) is 90.9. The Morgan fingerprint density at radius 1 is 0.151 bits per heavy atom. The van der Waals surface area contributed by atoms with Crippen LogP contribution >= 0.6 is 63.7 Å². The Hall–Kier alpha value is -17.6. The summed E-state index contributed by atoms with van der Waals surface area (Å²) in [6.45, 7) is 0. The summed E-state index contributed by atoms with van der Waals surface area (Å²) in [5.41, 5.74) is 36.7. The molecule has 0 N–H and O–H groups in total. The van der Waals surface area contributed by atoms with Gasteiger partial charge in [-0.25, -0.2) is 15.0 Å². The highest BCUT2D eigenvalue weighted by atomic mass is 79.9. The number of halogens is 4. The molecule has 0 aliphatic rings. The molecule has 0 fully saturated rings. The SMILES string of the molecule is Brc1ccc2c(c1)c1ncccc1n2-c1ccc(-c2cc(-c3ccccc3)cc(-c3ccccc3)n2)cc1.Brc1ccc2c(c1)c1ncccc1n2-c1ccc(-c2cc(-c3ccccc3)nc(-c3ccccc3)c2)cc1.Brc1ccc2c(c1)c1ncccc1n2-c1ccc(-c2cc(-c3ccccn3)cc(-c3ccccn3)c2)cc1.Brc1ccc2c(c1)c1ncccc1n2-c1nc(-c2ccccc2)nc(-c2ccccc2)n1. The summed E-state index contributed by atoms with van der Waals surface area (Å²) < 4.78 is 13.0. The van der Waals surface area contributed by atoms with E-state index in [9.17, 15) is 0 Å². The summed E-state index contributed by atoms with van der Waals surface area (Å²) in [6, 6.07) is 157. The molecule has 13 heterocycles. The molecule has 15 nitrogen and oxygen atoms in total. The van der Waals surface area contributed by atoms with Crippen LogP contribution in [0.1, 0.15) is 0 Å². The first-order valence-electron chi connectivity index (χ1n) is 47.6. The molecule has 0 bridgehead atoms. The number of nitrogens with zero attached hydrogens (tertiary/aromatic N) is 15. The molecular weight excluding hydrogens is 2060 g/mol. The van der Waals surface area contributed by atoms with Crippen LogP contribution in [0.4, 0.5) is 0 Å². The van der Waals surface area contributed by atoms with Crippen molar-refractivity contribution in [3.8, 4) is 147 Å². The molecule has 0 saturated carbocycles. The minimum absolute atomic E-state index is 0.563. The van der Waals surface area contributed by atoms with Gasteiger partial charge in [0.1, 0.15) is 0 Å². The van der Waals surface area contributed by atoms with Crippen LogP contribution in [0, 0.1) is 0 Å². The van der Waals surface area contributed by atoms with Gasteiger partial charge >= 0.3 is 0 Å². The van der Waals surface area contributed by atoms with E-state index in [-0.39, 0.29) is 0 Å². The topological polar surface area (TPSA) is 162 Å². The summed E-state index contributed by atoms with van der Waals surface area (Å²) in [6.07, 6.45) is 11.0. The normalized spacial score (nSPS) is 11.3. The van der Waals surface area contributed by atoms with E-state index in [2.05, 4.69) is 404 Å². The van der Waals surface area contributed by atoms with Crippen LogP contribution in [-0.2, 0) is 0 Å². The number of pyridine rings is 8. The van der Waals surface area contributed by atoms with Gasteiger partial charge in [0, 0.05) is 138 Å². The van der Waals surface area contributed by atoms with Crippen molar-refractivity contribution in [2.75, 3.05) is 0 Å². The second-order valence-corrected chi connectivity index (χ2v) is 38.7. The van der Waals surface area contributed by atoms with Gasteiger partial charge in [-0.3, -0.25) is 34.5 Å². The van der Waals surface area contributed by atoms with Crippen molar-refractivity contribution in [3.63, 3.8) is 0 Å². The van der Waals surface area contributed by atoms with Crippen LogP contribution in [0.15, 0.2) is 510 Å². The fraction of sp³-hybridized carbons (Fsp3) is 0. The van der Waals surface area contributed by atoms with Crippen molar-refractivity contribution in [3.05, 3.63) is 510 Å². The molecule has 27 aromatic rings. The molecule has 19 heteroatoms. The van der Waals surface area contributed by atoms with Gasteiger partial charge in [-0.1, -0.05) is 294 Å². The summed E-state index contributed by atoms with van der Waals surface area (Å²) in [7, 11) is 0. The number of benzene rings is 14. The summed E-state index contributed by atoms with van der Waals surface area (Å²) in [5, 5.41) is 4.43. The Kier molecular flexibility index (Phi) is 25.2. The van der Waals surface area contributed by atoms with E-state index >= 15 is 0 Å². The molecule has 13 aromatic heterocycles. The van der Waals surface area contributed by atoms with Crippen LogP contribution in [0.3, 0.4) is 0 Å². The third-order valence-electron chi connectivity index (χ3n) is 26.0. The fourth-order valence-electron chi connectivity index (χ4n) is 19.2. The predicted molar refractivity (Wildman–Crippen MR) is 609 cm³/mol. The molecular formula is C127H81Br4N15. The molecule has 0 saturated heterocycles. The summed E-state index contributed by atoms with van der Waals surface area (Å²) >= 11 is 14.5. The second kappa shape index (κ2) is 40.4. The van der Waals surface area contributed by atoms with Crippen molar-refractivity contribution in [2.45, 2.75) is 0 Å². The number of hydrogen-bond acceptors (Lipinski definition) is 11. The molecule has 0 unspecified atom stereocenters. The zero-order valence-corrected chi connectivity index (χ0v) is 84.3. The Balaban J connectivity index is 0.000000105. The third kappa shape index (κ3) is 18.4. The van der Waals surface area contributed by atoms with E-state index in [4.69, 9.17) is 29.9 Å². The van der Waals surface area contributed by atoms with E-state index in [1.54, 1.807) is 0 Å². The van der Waals surface area contributed by atoms with E-state index in [1.165, 1.54) is 5.56 Å². The first-order valence-corrected chi connectivity index (χ1v) is 50.8. The Labute approximate surface area is 873 Å². The van der Waals surface area contributed by atoms with E-state index in [0.717, 1.165) is 229 Å². The molecule has 0 atom stereocenters. The average molecular weight is 2140 g/mol. The molecule has 0 amide bonds. The number of rotatable bonds is 15. The van der Waals surface area contributed by atoms with Gasteiger partial charge in [-0.2, -0.15) is 9.97 Å². The minimum atomic E-state index is 0.563. The van der Waals surface area contributed by atoms with Gasteiger partial charge in [0.15, 0.2) is 11.6 Å². The Bertz CT molecular complexity index is 8590. The van der Waals surface area contributed by atoms with Gasteiger partial charge in [0.25, 0.3) is 0 Å². The quantitative estimate of drug-likeness (QED) is 0.0960. The van der Waals surface area contributed by atoms with Crippen LogP contribution in [0.25, 0.3) is 234 Å². The molecule has 0 radical (unpaired) electrons. The smallest absolute Gasteiger partial charge is 0.238 e. The van der Waals surface area contributed by atoms with Gasteiger partial charge in [-0.15, -0.1) is 0 Å². The molecule has 0 spiro atoms. The van der Waals surface area contributed by atoms with Crippen molar-refractivity contribution in [1.29, 1.82) is 0 Å².